The fourth-order valence-electron chi connectivity index (χ4n) is 2.44. The van der Waals surface area contributed by atoms with Crippen LogP contribution in [-0.4, -0.2) is 29.4 Å². The predicted octanol–water partition coefficient (Wildman–Crippen LogP) is 3.03. The Kier molecular flexibility index (Phi) is 4.73. The predicted molar refractivity (Wildman–Crippen MR) is 82.7 cm³/mol. The molecule has 5 heteroatoms. The van der Waals surface area contributed by atoms with E-state index in [2.05, 4.69) is 10.6 Å². The molecule has 0 aromatic heterocycles. The molecule has 1 aliphatic rings. The van der Waals surface area contributed by atoms with E-state index in [1.807, 2.05) is 6.07 Å². The molecule has 1 heterocycles. The lowest BCUT2D eigenvalue weighted by atomic mass is 10.0. The first kappa shape index (κ1) is 15.6. The summed E-state index contributed by atoms with van der Waals surface area (Å²) in [5.74, 6) is 0.0454. The Bertz CT molecular complexity index is 503. The van der Waals surface area contributed by atoms with Crippen molar-refractivity contribution in [2.45, 2.75) is 51.7 Å². The summed E-state index contributed by atoms with van der Waals surface area (Å²) < 4.78 is 5.20. The fourth-order valence-corrected chi connectivity index (χ4v) is 2.44. The smallest absolute Gasteiger partial charge is 0.412 e. The van der Waals surface area contributed by atoms with Crippen molar-refractivity contribution in [2.75, 3.05) is 11.9 Å². The molecule has 2 rings (SSSR count). The summed E-state index contributed by atoms with van der Waals surface area (Å²) in [5, 5.41) is 15.9. The summed E-state index contributed by atoms with van der Waals surface area (Å²) in [5.41, 5.74) is 0.906. The molecule has 0 aliphatic carbocycles. The van der Waals surface area contributed by atoms with Crippen molar-refractivity contribution in [3.63, 3.8) is 0 Å². The van der Waals surface area contributed by atoms with E-state index in [4.69, 9.17) is 4.74 Å². The summed E-state index contributed by atoms with van der Waals surface area (Å²) >= 11 is 0. The molecule has 1 aliphatic heterocycles. The number of hydrogen-bond donors (Lipinski definition) is 3. The highest BCUT2D eigenvalue weighted by Crippen LogP contribution is 2.26. The summed E-state index contributed by atoms with van der Waals surface area (Å²) in [4.78, 5) is 11.8. The summed E-state index contributed by atoms with van der Waals surface area (Å²) in [6.45, 7) is 6.46. The van der Waals surface area contributed by atoms with E-state index in [1.165, 1.54) is 6.42 Å². The van der Waals surface area contributed by atoms with Gasteiger partial charge in [-0.05, 0) is 64.3 Å². The number of benzene rings is 1. The molecule has 5 nitrogen and oxygen atoms in total. The highest BCUT2D eigenvalue weighted by atomic mass is 16.6. The number of carbonyl (C=O) groups is 1. The Morgan fingerprint density at radius 1 is 1.48 bits per heavy atom. The maximum atomic E-state index is 11.8. The zero-order valence-corrected chi connectivity index (χ0v) is 12.9. The van der Waals surface area contributed by atoms with E-state index in [0.717, 1.165) is 24.9 Å². The van der Waals surface area contributed by atoms with Crippen molar-refractivity contribution in [3.05, 3.63) is 23.8 Å². The van der Waals surface area contributed by atoms with Crippen molar-refractivity contribution < 1.29 is 14.6 Å². The molecular formula is C16H24N2O3. The van der Waals surface area contributed by atoms with Gasteiger partial charge in [-0.15, -0.1) is 0 Å². The second-order valence-electron chi connectivity index (χ2n) is 6.48. The molecule has 0 radical (unpaired) electrons. The molecule has 3 N–H and O–H groups in total. The topological polar surface area (TPSA) is 70.6 Å². The van der Waals surface area contributed by atoms with Crippen molar-refractivity contribution in [3.8, 4) is 5.75 Å². The van der Waals surface area contributed by atoms with Crippen LogP contribution in [0.15, 0.2) is 18.2 Å². The number of anilines is 1. The Hall–Kier alpha value is -1.75. The lowest BCUT2D eigenvalue weighted by molar-refractivity contribution is 0.0635. The number of amides is 1. The number of hydrogen-bond acceptors (Lipinski definition) is 4. The lowest BCUT2D eigenvalue weighted by Gasteiger charge is -2.20. The molecule has 1 aromatic carbocycles. The van der Waals surface area contributed by atoms with E-state index in [0.29, 0.717) is 11.7 Å². The highest BCUT2D eigenvalue weighted by Gasteiger charge is 2.18. The first-order chi connectivity index (χ1) is 9.83. The molecule has 1 saturated heterocycles. The minimum atomic E-state index is -0.564. The quantitative estimate of drug-likeness (QED) is 0.749. The van der Waals surface area contributed by atoms with Crippen LogP contribution in [0.5, 0.6) is 5.75 Å². The van der Waals surface area contributed by atoms with Gasteiger partial charge in [0.2, 0.25) is 0 Å². The molecule has 0 saturated carbocycles. The van der Waals surface area contributed by atoms with Gasteiger partial charge in [0.25, 0.3) is 0 Å². The van der Waals surface area contributed by atoms with Crippen LogP contribution in [-0.2, 0) is 11.2 Å². The fraction of sp³-hybridized carbons (Fsp3) is 0.562. The van der Waals surface area contributed by atoms with Crippen LogP contribution in [0.4, 0.5) is 10.5 Å². The SMILES string of the molecule is CC(C)(C)OC(=O)Nc1cc(CC2CCCN2)ccc1O. The highest BCUT2D eigenvalue weighted by molar-refractivity contribution is 5.87. The van der Waals surface area contributed by atoms with Crippen molar-refractivity contribution in [1.29, 1.82) is 0 Å². The first-order valence-corrected chi connectivity index (χ1v) is 7.39. The molecule has 0 bridgehead atoms. The number of aromatic hydroxyl groups is 1. The number of rotatable bonds is 3. The Morgan fingerprint density at radius 3 is 2.86 bits per heavy atom. The maximum Gasteiger partial charge on any atom is 0.412 e. The largest absolute Gasteiger partial charge is 0.506 e. The summed E-state index contributed by atoms with van der Waals surface area (Å²) in [6.07, 6.45) is 2.69. The van der Waals surface area contributed by atoms with Gasteiger partial charge < -0.3 is 15.2 Å². The minimum absolute atomic E-state index is 0.0454. The maximum absolute atomic E-state index is 11.8. The van der Waals surface area contributed by atoms with Crippen LogP contribution >= 0.6 is 0 Å². The second kappa shape index (κ2) is 6.35. The van der Waals surface area contributed by atoms with Gasteiger partial charge in [-0.2, -0.15) is 0 Å². The molecule has 21 heavy (non-hydrogen) atoms. The Morgan fingerprint density at radius 2 is 2.24 bits per heavy atom. The normalized spacial score (nSPS) is 18.5. The van der Waals surface area contributed by atoms with E-state index >= 15 is 0 Å². The molecule has 116 valence electrons. The van der Waals surface area contributed by atoms with Crippen LogP contribution in [0.3, 0.4) is 0 Å². The van der Waals surface area contributed by atoms with Crippen LogP contribution in [0.25, 0.3) is 0 Å². The molecule has 1 atom stereocenters. The average Bonchev–Trinajstić information content (AvgIpc) is 2.84. The molecule has 1 fully saturated rings. The number of ether oxygens (including phenoxy) is 1. The zero-order chi connectivity index (χ0) is 15.5. The van der Waals surface area contributed by atoms with Crippen LogP contribution < -0.4 is 10.6 Å². The van der Waals surface area contributed by atoms with Gasteiger partial charge in [0.05, 0.1) is 5.69 Å². The van der Waals surface area contributed by atoms with Crippen LogP contribution in [0.2, 0.25) is 0 Å². The van der Waals surface area contributed by atoms with Gasteiger partial charge in [-0.3, -0.25) is 5.32 Å². The van der Waals surface area contributed by atoms with Crippen molar-refractivity contribution >= 4 is 11.8 Å². The minimum Gasteiger partial charge on any atom is -0.506 e. The third kappa shape index (κ3) is 4.93. The van der Waals surface area contributed by atoms with Crippen molar-refractivity contribution in [1.82, 2.24) is 5.32 Å². The standard InChI is InChI=1S/C16H24N2O3/c1-16(2,3)21-15(20)18-13-10-11(6-7-14(13)19)9-12-5-4-8-17-12/h6-7,10,12,17,19H,4-5,8-9H2,1-3H3,(H,18,20). The Balaban J connectivity index is 2.02. The van der Waals surface area contributed by atoms with E-state index in [9.17, 15) is 9.90 Å². The molecular weight excluding hydrogens is 268 g/mol. The number of nitrogens with one attached hydrogen (secondary N) is 2. The summed E-state index contributed by atoms with van der Waals surface area (Å²) in [6, 6.07) is 5.77. The zero-order valence-electron chi connectivity index (χ0n) is 12.9. The van der Waals surface area contributed by atoms with Crippen LogP contribution in [0, 0.1) is 0 Å². The van der Waals surface area contributed by atoms with E-state index in [-0.39, 0.29) is 5.75 Å². The van der Waals surface area contributed by atoms with Gasteiger partial charge in [0.1, 0.15) is 11.4 Å². The molecule has 1 aromatic rings. The average molecular weight is 292 g/mol. The second-order valence-corrected chi connectivity index (χ2v) is 6.48. The van der Waals surface area contributed by atoms with Gasteiger partial charge >= 0.3 is 6.09 Å². The third-order valence-corrected chi connectivity index (χ3v) is 3.34. The third-order valence-electron chi connectivity index (χ3n) is 3.34. The van der Waals surface area contributed by atoms with Gasteiger partial charge in [-0.25, -0.2) is 4.79 Å². The Labute approximate surface area is 125 Å². The number of carbonyl (C=O) groups excluding carboxylic acids is 1. The lowest BCUT2D eigenvalue weighted by Crippen LogP contribution is -2.27. The number of phenolic OH excluding ortho intramolecular Hbond substituents is 1. The first-order valence-electron chi connectivity index (χ1n) is 7.39. The van der Waals surface area contributed by atoms with Gasteiger partial charge in [0.15, 0.2) is 0 Å². The van der Waals surface area contributed by atoms with Crippen molar-refractivity contribution in [2.24, 2.45) is 0 Å². The van der Waals surface area contributed by atoms with Gasteiger partial charge in [0, 0.05) is 6.04 Å². The molecule has 1 unspecified atom stereocenters. The van der Waals surface area contributed by atoms with Gasteiger partial charge in [-0.1, -0.05) is 6.07 Å². The monoisotopic (exact) mass is 292 g/mol. The van der Waals surface area contributed by atoms with Crippen LogP contribution in [0.1, 0.15) is 39.2 Å². The summed E-state index contributed by atoms with van der Waals surface area (Å²) in [7, 11) is 0. The van der Waals surface area contributed by atoms with E-state index < -0.39 is 11.7 Å². The number of phenols is 1. The molecule has 0 spiro atoms. The molecule has 1 amide bonds. The van der Waals surface area contributed by atoms with E-state index in [1.54, 1.807) is 32.9 Å².